The van der Waals surface area contributed by atoms with E-state index >= 15 is 0 Å². The van der Waals surface area contributed by atoms with Crippen molar-refractivity contribution in [1.82, 2.24) is 9.97 Å². The summed E-state index contributed by atoms with van der Waals surface area (Å²) in [6, 6.07) is 11.0. The van der Waals surface area contributed by atoms with Crippen molar-refractivity contribution in [3.63, 3.8) is 0 Å². The fraction of sp³-hybridized carbons (Fsp3) is 0.0588. The summed E-state index contributed by atoms with van der Waals surface area (Å²) in [7, 11) is 0. The summed E-state index contributed by atoms with van der Waals surface area (Å²) in [4.78, 5) is 8.55. The van der Waals surface area contributed by atoms with E-state index in [1.54, 1.807) is 36.8 Å². The fourth-order valence-electron chi connectivity index (χ4n) is 2.51. The third-order valence-corrected chi connectivity index (χ3v) is 3.55. The van der Waals surface area contributed by atoms with Gasteiger partial charge in [0.15, 0.2) is 0 Å². The van der Waals surface area contributed by atoms with Crippen molar-refractivity contribution in [3.05, 3.63) is 66.1 Å². The highest BCUT2D eigenvalue weighted by Crippen LogP contribution is 2.38. The zero-order valence-corrected chi connectivity index (χ0v) is 11.2. The maximum absolute atomic E-state index is 9.59. The molecule has 21 heavy (non-hydrogen) atoms. The topological polar surface area (TPSA) is 55.2 Å². The van der Waals surface area contributed by atoms with E-state index < -0.39 is 0 Å². The molecule has 4 nitrogen and oxygen atoms in total. The first-order valence-corrected chi connectivity index (χ1v) is 6.69. The third-order valence-electron chi connectivity index (χ3n) is 3.55. The Kier molecular flexibility index (Phi) is 2.60. The van der Waals surface area contributed by atoms with Crippen LogP contribution in [-0.2, 0) is 6.42 Å². The summed E-state index contributed by atoms with van der Waals surface area (Å²) in [5.41, 5.74) is 3.88. The molecule has 0 fully saturated rings. The van der Waals surface area contributed by atoms with Crippen LogP contribution in [0.1, 0.15) is 11.1 Å². The van der Waals surface area contributed by atoms with Gasteiger partial charge < -0.3 is 9.84 Å². The van der Waals surface area contributed by atoms with Crippen LogP contribution in [0.25, 0.3) is 11.3 Å². The number of aromatic nitrogens is 2. The van der Waals surface area contributed by atoms with Gasteiger partial charge in [0.05, 0.1) is 11.9 Å². The summed E-state index contributed by atoms with van der Waals surface area (Å²) in [6.45, 7) is 0. The van der Waals surface area contributed by atoms with Crippen molar-refractivity contribution in [2.45, 2.75) is 6.42 Å². The van der Waals surface area contributed by atoms with Crippen molar-refractivity contribution >= 4 is 0 Å². The van der Waals surface area contributed by atoms with Gasteiger partial charge in [-0.05, 0) is 36.4 Å². The second-order valence-electron chi connectivity index (χ2n) is 4.99. The molecule has 0 amide bonds. The van der Waals surface area contributed by atoms with Gasteiger partial charge in [0.2, 0.25) is 0 Å². The number of aromatic hydroxyl groups is 1. The molecule has 0 bridgehead atoms. The molecule has 102 valence electrons. The number of phenols is 1. The van der Waals surface area contributed by atoms with Gasteiger partial charge in [0.25, 0.3) is 0 Å². The predicted octanol–water partition coefficient (Wildman–Crippen LogP) is 3.55. The summed E-state index contributed by atoms with van der Waals surface area (Å²) in [6.07, 6.45) is 5.99. The van der Waals surface area contributed by atoms with Crippen molar-refractivity contribution in [3.8, 4) is 28.5 Å². The van der Waals surface area contributed by atoms with Crippen LogP contribution in [0, 0.1) is 0 Å². The number of benzene rings is 1. The molecular weight excluding hydrogens is 264 g/mol. The largest absolute Gasteiger partial charge is 0.508 e. The number of fused-ring (bicyclic) bond motifs is 2. The molecule has 3 heterocycles. The Morgan fingerprint density at radius 2 is 1.90 bits per heavy atom. The maximum Gasteiger partial charge on any atom is 0.149 e. The average molecular weight is 276 g/mol. The second kappa shape index (κ2) is 4.59. The van der Waals surface area contributed by atoms with Crippen molar-refractivity contribution in [1.29, 1.82) is 0 Å². The molecule has 4 heteroatoms. The van der Waals surface area contributed by atoms with Gasteiger partial charge in [-0.15, -0.1) is 0 Å². The number of rotatable bonds is 1. The number of phenolic OH excluding ortho intramolecular Hbond substituents is 1. The highest BCUT2D eigenvalue weighted by atomic mass is 16.5. The van der Waals surface area contributed by atoms with Gasteiger partial charge in [0, 0.05) is 35.5 Å². The summed E-state index contributed by atoms with van der Waals surface area (Å²) in [5.74, 6) is 1.79. The van der Waals surface area contributed by atoms with Gasteiger partial charge in [-0.1, -0.05) is 0 Å². The first kappa shape index (κ1) is 11.9. The number of nitrogens with zero attached hydrogens (tertiary/aromatic N) is 2. The minimum absolute atomic E-state index is 0.252. The van der Waals surface area contributed by atoms with Crippen LogP contribution in [0.15, 0.2) is 55.0 Å². The van der Waals surface area contributed by atoms with Crippen molar-refractivity contribution in [2.75, 3.05) is 0 Å². The maximum atomic E-state index is 9.59. The lowest BCUT2D eigenvalue weighted by Gasteiger charge is -2.20. The fourth-order valence-corrected chi connectivity index (χ4v) is 2.51. The molecule has 0 radical (unpaired) electrons. The monoisotopic (exact) mass is 276 g/mol. The minimum atomic E-state index is 0.252. The Morgan fingerprint density at radius 3 is 2.76 bits per heavy atom. The molecule has 1 N–H and O–H groups in total. The number of hydrogen-bond donors (Lipinski definition) is 1. The van der Waals surface area contributed by atoms with Crippen molar-refractivity contribution in [2.24, 2.45) is 0 Å². The molecule has 2 aromatic heterocycles. The van der Waals surface area contributed by atoms with E-state index in [1.807, 2.05) is 18.2 Å². The summed E-state index contributed by atoms with van der Waals surface area (Å²) >= 11 is 0. The molecule has 4 rings (SSSR count). The number of ether oxygens (including phenoxy) is 1. The van der Waals surface area contributed by atoms with Gasteiger partial charge >= 0.3 is 0 Å². The van der Waals surface area contributed by atoms with Gasteiger partial charge in [0.1, 0.15) is 17.2 Å². The van der Waals surface area contributed by atoms with Crippen LogP contribution in [0.4, 0.5) is 0 Å². The van der Waals surface area contributed by atoms with Gasteiger partial charge in [-0.2, -0.15) is 0 Å². The molecule has 1 aliphatic heterocycles. The van der Waals surface area contributed by atoms with E-state index in [0.29, 0.717) is 0 Å². The molecule has 0 spiro atoms. The first-order chi connectivity index (χ1) is 10.3. The van der Waals surface area contributed by atoms with E-state index in [2.05, 4.69) is 9.97 Å². The Balaban J connectivity index is 1.76. The van der Waals surface area contributed by atoms with E-state index in [9.17, 15) is 5.11 Å². The summed E-state index contributed by atoms with van der Waals surface area (Å²) < 4.78 is 5.83. The van der Waals surface area contributed by atoms with E-state index in [1.165, 1.54) is 0 Å². The molecule has 1 aliphatic rings. The molecule has 0 atom stereocenters. The smallest absolute Gasteiger partial charge is 0.149 e. The Morgan fingerprint density at radius 1 is 1.00 bits per heavy atom. The van der Waals surface area contributed by atoms with E-state index in [0.717, 1.165) is 40.3 Å². The lowest BCUT2D eigenvalue weighted by atomic mass is 9.99. The average Bonchev–Trinajstić information content (AvgIpc) is 2.53. The highest BCUT2D eigenvalue weighted by Gasteiger charge is 2.18. The summed E-state index contributed by atoms with van der Waals surface area (Å²) in [5, 5.41) is 9.59. The SMILES string of the molecule is Oc1ccc2c(c1)Cc1cc(-c3cccnc3)ncc1O2. The normalized spacial score (nSPS) is 12.2. The van der Waals surface area contributed by atoms with Gasteiger partial charge in [-0.3, -0.25) is 9.97 Å². The van der Waals surface area contributed by atoms with Crippen LogP contribution < -0.4 is 4.74 Å². The first-order valence-electron chi connectivity index (χ1n) is 6.69. The quantitative estimate of drug-likeness (QED) is 0.577. The Labute approximate surface area is 121 Å². The minimum Gasteiger partial charge on any atom is -0.508 e. The van der Waals surface area contributed by atoms with Crippen molar-refractivity contribution < 1.29 is 9.84 Å². The Hall–Kier alpha value is -2.88. The molecule has 1 aromatic carbocycles. The lowest BCUT2D eigenvalue weighted by Crippen LogP contribution is -2.04. The number of hydrogen-bond acceptors (Lipinski definition) is 4. The van der Waals surface area contributed by atoms with Gasteiger partial charge in [-0.25, -0.2) is 0 Å². The standard InChI is InChI=1S/C17H12N2O2/c20-14-3-4-16-12(7-14)6-13-8-15(19-10-17(13)21-16)11-2-1-5-18-9-11/h1-5,7-10,20H,6H2. The van der Waals surface area contributed by atoms with Crippen LogP contribution in [0.2, 0.25) is 0 Å². The van der Waals surface area contributed by atoms with Crippen LogP contribution >= 0.6 is 0 Å². The predicted molar refractivity (Wildman–Crippen MR) is 78.5 cm³/mol. The molecule has 3 aromatic rings. The molecule has 0 unspecified atom stereocenters. The van der Waals surface area contributed by atoms with E-state index in [-0.39, 0.29) is 5.75 Å². The highest BCUT2D eigenvalue weighted by molar-refractivity contribution is 5.62. The zero-order chi connectivity index (χ0) is 14.2. The molecule has 0 saturated heterocycles. The molecule has 0 saturated carbocycles. The third kappa shape index (κ3) is 2.10. The zero-order valence-electron chi connectivity index (χ0n) is 11.2. The lowest BCUT2D eigenvalue weighted by molar-refractivity contribution is 0.447. The van der Waals surface area contributed by atoms with Crippen LogP contribution in [0.5, 0.6) is 17.2 Å². The van der Waals surface area contributed by atoms with Crippen LogP contribution in [0.3, 0.4) is 0 Å². The molecular formula is C17H12N2O2. The molecule has 0 aliphatic carbocycles. The Bertz CT molecular complexity index is 816. The van der Waals surface area contributed by atoms with Crippen LogP contribution in [-0.4, -0.2) is 15.1 Å². The second-order valence-corrected chi connectivity index (χ2v) is 4.99. The number of pyridine rings is 2. The van der Waals surface area contributed by atoms with E-state index in [4.69, 9.17) is 4.74 Å².